The molecule has 3 rings (SSSR count). The van der Waals surface area contributed by atoms with Gasteiger partial charge in [0, 0.05) is 5.56 Å². The van der Waals surface area contributed by atoms with Gasteiger partial charge >= 0.3 is 6.03 Å². The van der Waals surface area contributed by atoms with Gasteiger partial charge in [0.25, 0.3) is 5.91 Å². The first-order valence-corrected chi connectivity index (χ1v) is 9.42. The van der Waals surface area contributed by atoms with Gasteiger partial charge in [0.15, 0.2) is 5.78 Å². The van der Waals surface area contributed by atoms with Crippen LogP contribution in [0.1, 0.15) is 56.1 Å². The van der Waals surface area contributed by atoms with Gasteiger partial charge in [-0.05, 0) is 30.4 Å². The van der Waals surface area contributed by atoms with E-state index in [1.165, 1.54) is 0 Å². The molecular formula is C23H26N2O3. The highest BCUT2D eigenvalue weighted by Gasteiger charge is 2.51. The van der Waals surface area contributed by atoms with Crippen LogP contribution in [0.25, 0.3) is 0 Å². The Morgan fingerprint density at radius 1 is 1.00 bits per heavy atom. The van der Waals surface area contributed by atoms with Gasteiger partial charge < -0.3 is 5.32 Å². The molecule has 0 aliphatic carbocycles. The van der Waals surface area contributed by atoms with Crippen LogP contribution < -0.4 is 5.32 Å². The zero-order valence-electron chi connectivity index (χ0n) is 16.9. The van der Waals surface area contributed by atoms with Gasteiger partial charge in [-0.25, -0.2) is 4.79 Å². The minimum Gasteiger partial charge on any atom is -0.319 e. The number of rotatable bonds is 4. The largest absolute Gasteiger partial charge is 0.325 e. The summed E-state index contributed by atoms with van der Waals surface area (Å²) in [5.74, 6) is -0.686. The number of Topliss-reactive ketones (excluding diaryl/α,β-unsaturated/α-hetero) is 1. The van der Waals surface area contributed by atoms with Gasteiger partial charge in [-0.2, -0.15) is 0 Å². The van der Waals surface area contributed by atoms with Crippen LogP contribution in [-0.2, 0) is 15.7 Å². The average molecular weight is 378 g/mol. The van der Waals surface area contributed by atoms with Crippen molar-refractivity contribution < 1.29 is 14.4 Å². The molecule has 146 valence electrons. The minimum atomic E-state index is -1.20. The molecule has 2 aromatic rings. The van der Waals surface area contributed by atoms with Gasteiger partial charge in [0.1, 0.15) is 11.6 Å². The summed E-state index contributed by atoms with van der Waals surface area (Å²) in [4.78, 5) is 39.6. The van der Waals surface area contributed by atoms with Crippen LogP contribution in [0, 0.1) is 0 Å². The summed E-state index contributed by atoms with van der Waals surface area (Å²) in [6, 6.07) is 14.9. The zero-order valence-corrected chi connectivity index (χ0v) is 16.9. The second kappa shape index (κ2) is 6.89. The van der Waals surface area contributed by atoms with Crippen LogP contribution in [0.4, 0.5) is 4.79 Å². The summed E-state index contributed by atoms with van der Waals surface area (Å²) in [6.45, 7) is 9.61. The third kappa shape index (κ3) is 3.33. The lowest BCUT2D eigenvalue weighted by Crippen LogP contribution is -2.45. The highest BCUT2D eigenvalue weighted by molar-refractivity contribution is 6.12. The molecule has 0 aromatic heterocycles. The van der Waals surface area contributed by atoms with Gasteiger partial charge in [-0.15, -0.1) is 0 Å². The van der Waals surface area contributed by atoms with E-state index < -0.39 is 23.5 Å². The number of ketones is 1. The second-order valence-electron chi connectivity index (χ2n) is 8.46. The third-order valence-electron chi connectivity index (χ3n) is 5.38. The monoisotopic (exact) mass is 378 g/mol. The molecule has 1 saturated heterocycles. The fourth-order valence-electron chi connectivity index (χ4n) is 3.47. The molecule has 1 heterocycles. The molecule has 1 N–H and O–H groups in total. The molecule has 28 heavy (non-hydrogen) atoms. The first-order valence-electron chi connectivity index (χ1n) is 9.42. The number of urea groups is 1. The fourth-order valence-corrected chi connectivity index (χ4v) is 3.47. The summed E-state index contributed by atoms with van der Waals surface area (Å²) in [5.41, 5.74) is 1.10. The van der Waals surface area contributed by atoms with E-state index in [4.69, 9.17) is 0 Å². The predicted octanol–water partition coefficient (Wildman–Crippen LogP) is 4.02. The van der Waals surface area contributed by atoms with Crippen molar-refractivity contribution in [3.05, 3.63) is 71.3 Å². The number of nitrogens with one attached hydrogen (secondary N) is 1. The van der Waals surface area contributed by atoms with E-state index in [2.05, 4.69) is 26.1 Å². The van der Waals surface area contributed by atoms with Crippen LogP contribution in [0.5, 0.6) is 0 Å². The average Bonchev–Trinajstić information content (AvgIpc) is 2.90. The molecule has 5 nitrogen and oxygen atoms in total. The second-order valence-corrected chi connectivity index (χ2v) is 8.46. The number of imide groups is 1. The first kappa shape index (κ1) is 19.8. The smallest absolute Gasteiger partial charge is 0.319 e. The van der Waals surface area contributed by atoms with E-state index in [0.717, 1.165) is 10.5 Å². The van der Waals surface area contributed by atoms with Crippen LogP contribution in [-0.4, -0.2) is 28.7 Å². The predicted molar refractivity (Wildman–Crippen MR) is 108 cm³/mol. The Bertz CT molecular complexity index is 913. The molecule has 2 unspecified atom stereocenters. The first-order chi connectivity index (χ1) is 13.1. The van der Waals surface area contributed by atoms with Crippen molar-refractivity contribution in [2.75, 3.05) is 0 Å². The summed E-state index contributed by atoms with van der Waals surface area (Å²) in [7, 11) is 0. The van der Waals surface area contributed by atoms with E-state index in [-0.39, 0.29) is 11.2 Å². The lowest BCUT2D eigenvalue weighted by molar-refractivity contribution is -0.131. The highest BCUT2D eigenvalue weighted by Crippen LogP contribution is 2.32. The lowest BCUT2D eigenvalue weighted by atomic mass is 9.84. The molecule has 2 aromatic carbocycles. The Hall–Kier alpha value is -2.95. The number of hydrogen-bond donors (Lipinski definition) is 1. The highest BCUT2D eigenvalue weighted by atomic mass is 16.2. The van der Waals surface area contributed by atoms with Crippen molar-refractivity contribution in [3.8, 4) is 0 Å². The molecule has 5 heteroatoms. The van der Waals surface area contributed by atoms with Gasteiger partial charge in [0.2, 0.25) is 0 Å². The quantitative estimate of drug-likeness (QED) is 0.645. The van der Waals surface area contributed by atoms with Crippen molar-refractivity contribution in [1.29, 1.82) is 0 Å². The standard InChI is InChI=1S/C23H26N2O3/c1-15(19(26)16-9-7-6-8-10-16)25-20(27)23(5,24-21(25)28)18-13-11-17(12-14-18)22(2,3)4/h6-15H,1-5H3,(H,24,28). The third-order valence-corrected chi connectivity index (χ3v) is 5.38. The van der Waals surface area contributed by atoms with Gasteiger partial charge in [-0.3, -0.25) is 14.5 Å². The SMILES string of the molecule is CC(C(=O)c1ccccc1)N1C(=O)NC(C)(c2ccc(C(C)(C)C)cc2)C1=O. The number of benzene rings is 2. The van der Waals surface area contributed by atoms with Crippen molar-refractivity contribution in [3.63, 3.8) is 0 Å². The maximum atomic E-state index is 13.2. The van der Waals surface area contributed by atoms with Crippen LogP contribution >= 0.6 is 0 Å². The lowest BCUT2D eigenvalue weighted by Gasteiger charge is -2.26. The molecule has 3 amide bonds. The molecule has 0 bridgehead atoms. The van der Waals surface area contributed by atoms with Crippen LogP contribution in [0.3, 0.4) is 0 Å². The minimum absolute atomic E-state index is 0.00891. The van der Waals surface area contributed by atoms with Crippen molar-refractivity contribution in [2.24, 2.45) is 0 Å². The number of amides is 3. The molecule has 0 spiro atoms. The van der Waals surface area contributed by atoms with E-state index in [9.17, 15) is 14.4 Å². The van der Waals surface area contributed by atoms with Crippen molar-refractivity contribution in [1.82, 2.24) is 10.2 Å². The fraction of sp³-hybridized carbons (Fsp3) is 0.348. The summed E-state index contributed by atoms with van der Waals surface area (Å²) >= 11 is 0. The summed E-state index contributed by atoms with van der Waals surface area (Å²) in [6.07, 6.45) is 0. The Labute approximate surface area is 165 Å². The maximum Gasteiger partial charge on any atom is 0.325 e. The topological polar surface area (TPSA) is 66.5 Å². The molecule has 2 atom stereocenters. The number of carbonyl (C=O) groups is 3. The summed E-state index contributed by atoms with van der Waals surface area (Å²) in [5, 5.41) is 2.78. The Morgan fingerprint density at radius 3 is 2.11 bits per heavy atom. The van der Waals surface area contributed by atoms with Crippen LogP contribution in [0.2, 0.25) is 0 Å². The molecule has 0 saturated carbocycles. The van der Waals surface area contributed by atoms with Crippen molar-refractivity contribution >= 4 is 17.7 Å². The van der Waals surface area contributed by atoms with Gasteiger partial charge in [-0.1, -0.05) is 75.4 Å². The molecular weight excluding hydrogens is 352 g/mol. The zero-order chi connectivity index (χ0) is 20.7. The number of carbonyl (C=O) groups excluding carboxylic acids is 3. The number of hydrogen-bond acceptors (Lipinski definition) is 3. The van der Waals surface area contributed by atoms with E-state index in [1.54, 1.807) is 38.1 Å². The van der Waals surface area contributed by atoms with Crippen molar-refractivity contribution in [2.45, 2.75) is 51.6 Å². The Morgan fingerprint density at radius 2 is 1.57 bits per heavy atom. The van der Waals surface area contributed by atoms with Crippen LogP contribution in [0.15, 0.2) is 54.6 Å². The van der Waals surface area contributed by atoms with E-state index in [0.29, 0.717) is 11.1 Å². The maximum absolute atomic E-state index is 13.2. The normalized spacial score (nSPS) is 20.8. The number of nitrogens with zero attached hydrogens (tertiary/aromatic N) is 1. The summed E-state index contributed by atoms with van der Waals surface area (Å²) < 4.78 is 0. The van der Waals surface area contributed by atoms with E-state index in [1.807, 2.05) is 30.3 Å². The van der Waals surface area contributed by atoms with E-state index >= 15 is 0 Å². The van der Waals surface area contributed by atoms with Gasteiger partial charge in [0.05, 0.1) is 0 Å². The molecule has 1 fully saturated rings. The molecule has 1 aliphatic heterocycles. The molecule has 1 aliphatic rings. The molecule has 0 radical (unpaired) electrons. The Kier molecular flexibility index (Phi) is 4.88. The Balaban J connectivity index is 1.89.